The van der Waals surface area contributed by atoms with Crippen molar-refractivity contribution in [2.24, 2.45) is 0 Å². The van der Waals surface area contributed by atoms with Gasteiger partial charge >= 0.3 is 39.5 Å². The molecule has 3 N–H and O–H groups in total. The normalized spacial score (nSPS) is 14.6. The first-order valence-electron chi connectivity index (χ1n) is 37.8. The Bertz CT molecular complexity index is 2340. The molecule has 0 aromatic rings. The zero-order valence-electron chi connectivity index (χ0n) is 61.2. The van der Waals surface area contributed by atoms with Crippen LogP contribution < -0.4 is 0 Å². The van der Waals surface area contributed by atoms with E-state index in [-0.39, 0.29) is 25.7 Å². The highest BCUT2D eigenvalue weighted by atomic mass is 31.2. The number of carbonyl (C=O) groups excluding carboxylic acids is 4. The predicted octanol–water partition coefficient (Wildman–Crippen LogP) is 21.6. The molecule has 0 fully saturated rings. The molecule has 0 heterocycles. The van der Waals surface area contributed by atoms with Crippen LogP contribution in [0.4, 0.5) is 0 Å². The first-order chi connectivity index (χ1) is 47.7. The van der Waals surface area contributed by atoms with E-state index < -0.39 is 97.5 Å². The summed E-state index contributed by atoms with van der Waals surface area (Å²) in [4.78, 5) is 72.7. The molecule has 0 amide bonds. The highest BCUT2D eigenvalue weighted by Crippen LogP contribution is 2.45. The molecule has 5 unspecified atom stereocenters. The SMILES string of the molecule is CC/C=C\C/C=C\C/C=C\C/C=C\C/C=C\C/C=C\CCC(=O)OCC(COP(=O)(O)OCC(O)COP(=O)(O)OCC(COC(=O)CCCCCCC/C=C\C/C=C\CCC)OC(=O)CCCCCCC/C=C\C/C=C\CCC)OC(=O)CCCCCCCCCCCCCCC. The number of ether oxygens (including phenoxy) is 4. The number of phosphoric acid groups is 2. The molecule has 0 radical (unpaired) electrons. The molecule has 0 aromatic heterocycles. The van der Waals surface area contributed by atoms with Crippen LogP contribution in [0.3, 0.4) is 0 Å². The predicted molar refractivity (Wildman–Crippen MR) is 399 cm³/mol. The van der Waals surface area contributed by atoms with Gasteiger partial charge in [-0.15, -0.1) is 0 Å². The molecule has 0 aliphatic carbocycles. The highest BCUT2D eigenvalue weighted by molar-refractivity contribution is 7.47. The van der Waals surface area contributed by atoms with Crippen LogP contribution >= 0.6 is 15.6 Å². The average molecular weight is 1420 g/mol. The topological polar surface area (TPSA) is 237 Å². The Kier molecular flexibility index (Phi) is 67.6. The third-order valence-corrected chi connectivity index (χ3v) is 17.3. The average Bonchev–Trinajstić information content (AvgIpc) is 0.966. The number of hydrogen-bond donors (Lipinski definition) is 3. The molecule has 5 atom stereocenters. The fourth-order valence-electron chi connectivity index (χ4n) is 9.67. The number of aliphatic hydroxyl groups excluding tert-OH is 1. The molecular formula is C79H134O17P2. The molecular weight excluding hydrogens is 1280 g/mol. The molecule has 17 nitrogen and oxygen atoms in total. The maximum Gasteiger partial charge on any atom is 0.472 e. The maximum atomic E-state index is 13.1. The summed E-state index contributed by atoms with van der Waals surface area (Å²) >= 11 is 0. The summed E-state index contributed by atoms with van der Waals surface area (Å²) in [6.45, 7) is 4.51. The minimum atomic E-state index is -4.99. The Morgan fingerprint density at radius 2 is 0.571 bits per heavy atom. The van der Waals surface area contributed by atoms with Crippen molar-refractivity contribution in [1.82, 2.24) is 0 Å². The lowest BCUT2D eigenvalue weighted by molar-refractivity contribution is -0.161. The number of unbranched alkanes of at least 4 members (excludes halogenated alkanes) is 24. The second-order valence-corrected chi connectivity index (χ2v) is 27.8. The zero-order valence-corrected chi connectivity index (χ0v) is 63.0. The second kappa shape index (κ2) is 70.9. The van der Waals surface area contributed by atoms with Crippen molar-refractivity contribution in [1.29, 1.82) is 0 Å². The Labute approximate surface area is 593 Å². The van der Waals surface area contributed by atoms with Gasteiger partial charge in [0.2, 0.25) is 0 Å². The number of hydrogen-bond acceptors (Lipinski definition) is 15. The van der Waals surface area contributed by atoms with E-state index in [0.29, 0.717) is 32.1 Å². The molecule has 19 heteroatoms. The molecule has 0 aliphatic rings. The lowest BCUT2D eigenvalue weighted by atomic mass is 10.0. The summed E-state index contributed by atoms with van der Waals surface area (Å²) in [5.74, 6) is -2.30. The second-order valence-electron chi connectivity index (χ2n) is 24.9. The van der Waals surface area contributed by atoms with Crippen molar-refractivity contribution in [3.05, 3.63) is 122 Å². The van der Waals surface area contributed by atoms with Gasteiger partial charge in [-0.05, 0) is 116 Å². The van der Waals surface area contributed by atoms with Crippen LogP contribution in [0.15, 0.2) is 122 Å². The van der Waals surface area contributed by atoms with Crippen LogP contribution in [0.2, 0.25) is 0 Å². The maximum absolute atomic E-state index is 13.1. The van der Waals surface area contributed by atoms with Crippen LogP contribution in [0.25, 0.3) is 0 Å². The summed E-state index contributed by atoms with van der Waals surface area (Å²) in [5.41, 5.74) is 0. The molecule has 0 rings (SSSR count). The standard InChI is InChI=1S/C79H134O17P2/c1-5-9-13-17-21-25-29-33-34-35-36-37-38-42-44-48-52-56-60-64-77(82)90-70-75(96-79(84)66-62-58-54-50-46-41-32-28-24-20-16-12-8-4)72-94-98(87,88)92-68-73(80)67-91-97(85,86)93-71-74(95-78(83)65-61-57-53-49-45-40-31-27-23-19-15-11-7-3)69-89-76(81)63-59-55-51-47-43-39-30-26-22-18-14-10-6-2/h9,13-15,18-19,21,25-27,30-31,33-34,36-37,42,44,52,56,73-75,80H,5-8,10-12,16-17,20,22-24,28-29,32,35,38-41,43,45-51,53-55,57-72H2,1-4H3,(H,85,86)(H,87,88)/b13-9-,18-14-,19-15-,25-21-,30-26-,31-27-,34-33-,37-36-,44-42-,56-52-. The molecule has 0 aliphatic heterocycles. The zero-order chi connectivity index (χ0) is 71.8. The van der Waals surface area contributed by atoms with Crippen LogP contribution in [0, 0.1) is 0 Å². The molecule has 0 saturated carbocycles. The smallest absolute Gasteiger partial charge is 0.462 e. The molecule has 98 heavy (non-hydrogen) atoms. The minimum Gasteiger partial charge on any atom is -0.462 e. The van der Waals surface area contributed by atoms with Crippen LogP contribution in [-0.2, 0) is 65.4 Å². The number of rotatable bonds is 70. The van der Waals surface area contributed by atoms with Gasteiger partial charge in [-0.2, -0.15) is 0 Å². The van der Waals surface area contributed by atoms with Crippen LogP contribution in [-0.4, -0.2) is 96.7 Å². The number of allylic oxidation sites excluding steroid dienone is 20. The fraction of sp³-hybridized carbons (Fsp3) is 0.696. The number of carbonyl (C=O) groups is 4. The van der Waals surface area contributed by atoms with Gasteiger partial charge in [0.1, 0.15) is 19.3 Å². The summed E-state index contributed by atoms with van der Waals surface area (Å²) in [6, 6.07) is 0. The van der Waals surface area contributed by atoms with E-state index in [0.717, 1.165) is 161 Å². The van der Waals surface area contributed by atoms with Crippen molar-refractivity contribution in [3.8, 4) is 0 Å². The Morgan fingerprint density at radius 3 is 0.918 bits per heavy atom. The van der Waals surface area contributed by atoms with Gasteiger partial charge in [0.05, 0.1) is 26.4 Å². The summed E-state index contributed by atoms with van der Waals surface area (Å²) in [7, 11) is -9.97. The van der Waals surface area contributed by atoms with Crippen LogP contribution in [0.5, 0.6) is 0 Å². The van der Waals surface area contributed by atoms with Gasteiger partial charge in [0.15, 0.2) is 12.2 Å². The van der Waals surface area contributed by atoms with E-state index in [2.05, 4.69) is 131 Å². The van der Waals surface area contributed by atoms with Crippen molar-refractivity contribution in [2.75, 3.05) is 39.6 Å². The largest absolute Gasteiger partial charge is 0.472 e. The highest BCUT2D eigenvalue weighted by Gasteiger charge is 2.30. The molecule has 562 valence electrons. The first-order valence-corrected chi connectivity index (χ1v) is 40.8. The van der Waals surface area contributed by atoms with Gasteiger partial charge in [0, 0.05) is 25.7 Å². The van der Waals surface area contributed by atoms with Crippen LogP contribution in [0.1, 0.15) is 297 Å². The summed E-state index contributed by atoms with van der Waals surface area (Å²) in [6.07, 6.45) is 76.4. The van der Waals surface area contributed by atoms with Gasteiger partial charge < -0.3 is 33.8 Å². The molecule has 0 aromatic carbocycles. The molecule has 0 saturated heterocycles. The summed E-state index contributed by atoms with van der Waals surface area (Å²) in [5, 5.41) is 10.6. The molecule has 0 bridgehead atoms. The number of phosphoric ester groups is 2. The van der Waals surface area contributed by atoms with Crippen molar-refractivity contribution >= 4 is 39.5 Å². The van der Waals surface area contributed by atoms with Gasteiger partial charge in [0.25, 0.3) is 0 Å². The number of aliphatic hydroxyl groups is 1. The Morgan fingerprint density at radius 1 is 0.296 bits per heavy atom. The van der Waals surface area contributed by atoms with Gasteiger partial charge in [-0.1, -0.05) is 278 Å². The minimum absolute atomic E-state index is 0.0357. The first kappa shape index (κ1) is 93.5. The summed E-state index contributed by atoms with van der Waals surface area (Å²) < 4.78 is 68.3. The van der Waals surface area contributed by atoms with Crippen molar-refractivity contribution in [3.63, 3.8) is 0 Å². The lowest BCUT2D eigenvalue weighted by Crippen LogP contribution is -2.30. The van der Waals surface area contributed by atoms with E-state index in [9.17, 15) is 43.2 Å². The lowest BCUT2D eigenvalue weighted by Gasteiger charge is -2.21. The molecule has 0 spiro atoms. The van der Waals surface area contributed by atoms with Gasteiger partial charge in [-0.3, -0.25) is 37.3 Å². The van der Waals surface area contributed by atoms with E-state index in [1.165, 1.54) is 51.4 Å². The Hall–Kier alpha value is -4.54. The van der Waals surface area contributed by atoms with E-state index in [4.69, 9.17) is 37.0 Å². The number of esters is 4. The Balaban J connectivity index is 5.40. The van der Waals surface area contributed by atoms with E-state index in [1.807, 2.05) is 18.2 Å². The monoisotopic (exact) mass is 1420 g/mol. The quantitative estimate of drug-likeness (QED) is 0.0169. The third kappa shape index (κ3) is 69.9. The van der Waals surface area contributed by atoms with Crippen molar-refractivity contribution < 1.29 is 80.2 Å². The van der Waals surface area contributed by atoms with E-state index >= 15 is 0 Å². The van der Waals surface area contributed by atoms with E-state index in [1.54, 1.807) is 0 Å². The van der Waals surface area contributed by atoms with Gasteiger partial charge in [-0.25, -0.2) is 9.13 Å². The fourth-order valence-corrected chi connectivity index (χ4v) is 11.3. The third-order valence-electron chi connectivity index (χ3n) is 15.4. The van der Waals surface area contributed by atoms with Crippen molar-refractivity contribution in [2.45, 2.75) is 316 Å².